The summed E-state index contributed by atoms with van der Waals surface area (Å²) in [5.74, 6) is 0. The van der Waals surface area contributed by atoms with Gasteiger partial charge >= 0.3 is 0 Å². The highest BCUT2D eigenvalue weighted by Crippen LogP contribution is 2.33. The Morgan fingerprint density at radius 2 is 1.94 bits per heavy atom. The fourth-order valence-corrected chi connectivity index (χ4v) is 7.22. The van der Waals surface area contributed by atoms with E-state index >= 15 is 0 Å². The maximum atomic E-state index is 13.1. The number of rotatable bonds is 6. The van der Waals surface area contributed by atoms with Gasteiger partial charge in [0, 0.05) is 41.3 Å². The fraction of sp³-hybridized carbons (Fsp3) is 0.261. The first-order chi connectivity index (χ1) is 15.3. The number of hydrogen-bond acceptors (Lipinski definition) is 5. The molecule has 0 radical (unpaired) electrons. The monoisotopic (exact) mass is 505 g/mol. The third kappa shape index (κ3) is 4.66. The highest BCUT2D eigenvalue weighted by atomic mass is 35.5. The zero-order valence-corrected chi connectivity index (χ0v) is 20.5. The molecule has 0 amide bonds. The normalized spacial score (nSPS) is 16.8. The Bertz CT molecular complexity index is 1280. The molecule has 0 spiro atoms. The Balaban J connectivity index is 1.65. The van der Waals surface area contributed by atoms with Crippen LogP contribution in [0.3, 0.4) is 0 Å². The Kier molecular flexibility index (Phi) is 6.80. The highest BCUT2D eigenvalue weighted by Gasteiger charge is 2.36. The first-order valence-electron chi connectivity index (χ1n) is 10.1. The molecule has 2 aromatic carbocycles. The largest absolute Gasteiger partial charge is 0.363 e. The van der Waals surface area contributed by atoms with Gasteiger partial charge in [-0.3, -0.25) is 0 Å². The molecular formula is C23H21Cl2N3O2S2. The maximum Gasteiger partial charge on any atom is 0.252 e. The van der Waals surface area contributed by atoms with Crippen molar-refractivity contribution in [2.45, 2.75) is 30.1 Å². The van der Waals surface area contributed by atoms with E-state index in [1.165, 1.54) is 11.3 Å². The zero-order chi connectivity index (χ0) is 22.9. The van der Waals surface area contributed by atoms with Crippen LogP contribution < -0.4 is 4.90 Å². The summed E-state index contributed by atoms with van der Waals surface area (Å²) in [6, 6.07) is 18.4. The van der Waals surface area contributed by atoms with Crippen LogP contribution >= 0.6 is 34.5 Å². The van der Waals surface area contributed by atoms with Crippen molar-refractivity contribution in [1.82, 2.24) is 4.31 Å². The molecule has 3 aromatic rings. The topological polar surface area (TPSA) is 64.4 Å². The summed E-state index contributed by atoms with van der Waals surface area (Å²) in [5, 5.41) is 10.2. The molecule has 0 N–H and O–H groups in total. The number of thiophene rings is 1. The van der Waals surface area contributed by atoms with E-state index in [4.69, 9.17) is 23.2 Å². The molecule has 0 bridgehead atoms. The fourth-order valence-electron chi connectivity index (χ4n) is 3.88. The quantitative estimate of drug-likeness (QED) is 0.430. The van der Waals surface area contributed by atoms with Crippen LogP contribution in [-0.4, -0.2) is 31.9 Å². The summed E-state index contributed by atoms with van der Waals surface area (Å²) >= 11 is 14.0. The van der Waals surface area contributed by atoms with Crippen molar-refractivity contribution in [3.8, 4) is 6.07 Å². The van der Waals surface area contributed by atoms with Gasteiger partial charge in [-0.25, -0.2) is 8.42 Å². The van der Waals surface area contributed by atoms with E-state index in [0.717, 1.165) is 16.1 Å². The van der Waals surface area contributed by atoms with Gasteiger partial charge in [-0.1, -0.05) is 41.4 Å². The minimum Gasteiger partial charge on any atom is -0.363 e. The summed E-state index contributed by atoms with van der Waals surface area (Å²) in [5.41, 5.74) is 2.16. The lowest BCUT2D eigenvalue weighted by molar-refractivity contribution is 0.470. The van der Waals surface area contributed by atoms with Crippen molar-refractivity contribution in [3.63, 3.8) is 0 Å². The molecule has 1 atom stereocenters. The van der Waals surface area contributed by atoms with E-state index in [1.807, 2.05) is 43.3 Å². The predicted molar refractivity (Wildman–Crippen MR) is 130 cm³/mol. The van der Waals surface area contributed by atoms with Gasteiger partial charge in [0.25, 0.3) is 10.0 Å². The van der Waals surface area contributed by atoms with E-state index in [2.05, 4.69) is 11.0 Å². The Morgan fingerprint density at radius 3 is 2.59 bits per heavy atom. The molecule has 0 unspecified atom stereocenters. The third-order valence-electron chi connectivity index (χ3n) is 5.58. The Hall–Kier alpha value is -2.08. The molecule has 0 aliphatic carbocycles. The summed E-state index contributed by atoms with van der Waals surface area (Å²) in [6.07, 6.45) is 0.672. The second-order valence-electron chi connectivity index (χ2n) is 7.67. The number of anilines is 1. The zero-order valence-electron chi connectivity index (χ0n) is 17.3. The van der Waals surface area contributed by atoms with Crippen LogP contribution in [0.4, 0.5) is 5.69 Å². The van der Waals surface area contributed by atoms with Gasteiger partial charge in [-0.05, 0) is 55.3 Å². The highest BCUT2D eigenvalue weighted by molar-refractivity contribution is 7.91. The molecule has 4 rings (SSSR count). The van der Waals surface area contributed by atoms with Crippen LogP contribution in [-0.2, 0) is 16.6 Å². The van der Waals surface area contributed by atoms with Crippen molar-refractivity contribution >= 4 is 50.2 Å². The van der Waals surface area contributed by atoms with Gasteiger partial charge in [-0.2, -0.15) is 9.57 Å². The number of nitrogens with zero attached hydrogens (tertiary/aromatic N) is 3. The molecule has 32 heavy (non-hydrogen) atoms. The van der Waals surface area contributed by atoms with Gasteiger partial charge < -0.3 is 4.90 Å². The lowest BCUT2D eigenvalue weighted by Crippen LogP contribution is -2.38. The van der Waals surface area contributed by atoms with Crippen molar-refractivity contribution < 1.29 is 8.42 Å². The van der Waals surface area contributed by atoms with Crippen LogP contribution in [0, 0.1) is 18.3 Å². The second-order valence-corrected chi connectivity index (χ2v) is 11.9. The molecule has 1 aliphatic rings. The average Bonchev–Trinajstić information content (AvgIpc) is 3.43. The van der Waals surface area contributed by atoms with E-state index in [0.29, 0.717) is 45.9 Å². The van der Waals surface area contributed by atoms with E-state index in [9.17, 15) is 13.7 Å². The number of nitriles is 1. The van der Waals surface area contributed by atoms with Crippen molar-refractivity contribution in [1.29, 1.82) is 5.26 Å². The SMILES string of the molecule is Cc1ccc(S(=O)(=O)N2CC[C@H](N(Cc3ccccc3Cl)c3ccc(C#N)c(Cl)c3)C2)s1. The van der Waals surface area contributed by atoms with E-state index in [1.54, 1.807) is 22.5 Å². The minimum absolute atomic E-state index is 0.0638. The smallest absolute Gasteiger partial charge is 0.252 e. The molecule has 5 nitrogen and oxygen atoms in total. The first kappa shape index (κ1) is 23.1. The van der Waals surface area contributed by atoms with Crippen LogP contribution in [0.15, 0.2) is 58.8 Å². The molecule has 1 aliphatic heterocycles. The molecule has 1 fully saturated rings. The lowest BCUT2D eigenvalue weighted by atomic mass is 10.1. The standard InChI is InChI=1S/C23H21Cl2N3O2S2/c1-16-6-9-23(31-16)32(29,30)27-11-10-20(15-27)28(14-18-4-2-3-5-21(18)24)19-8-7-17(13-26)22(25)12-19/h2-9,12,20H,10-11,14-15H2,1H3/t20-/m0/s1. The number of sulfonamides is 1. The van der Waals surface area contributed by atoms with Crippen LogP contribution in [0.2, 0.25) is 10.0 Å². The van der Waals surface area contributed by atoms with E-state index in [-0.39, 0.29) is 6.04 Å². The van der Waals surface area contributed by atoms with Gasteiger partial charge in [0.05, 0.1) is 10.6 Å². The van der Waals surface area contributed by atoms with Crippen molar-refractivity contribution in [2.24, 2.45) is 0 Å². The third-order valence-corrected chi connectivity index (χ3v) is 9.59. The lowest BCUT2D eigenvalue weighted by Gasteiger charge is -2.32. The predicted octanol–water partition coefficient (Wildman–Crippen LogP) is 5.70. The van der Waals surface area contributed by atoms with Gasteiger partial charge in [0.2, 0.25) is 0 Å². The number of hydrogen-bond donors (Lipinski definition) is 0. The second kappa shape index (κ2) is 9.42. The van der Waals surface area contributed by atoms with E-state index < -0.39 is 10.0 Å². The molecule has 1 aromatic heterocycles. The summed E-state index contributed by atoms with van der Waals surface area (Å²) in [6.45, 7) is 3.20. The minimum atomic E-state index is -3.54. The van der Waals surface area contributed by atoms with Gasteiger partial charge in [0.15, 0.2) is 0 Å². The van der Waals surface area contributed by atoms with Crippen LogP contribution in [0.5, 0.6) is 0 Å². The summed E-state index contributed by atoms with van der Waals surface area (Å²) in [4.78, 5) is 3.09. The first-order valence-corrected chi connectivity index (χ1v) is 13.1. The maximum absolute atomic E-state index is 13.1. The Morgan fingerprint density at radius 1 is 1.16 bits per heavy atom. The summed E-state index contributed by atoms with van der Waals surface area (Å²) in [7, 11) is -3.54. The molecular weight excluding hydrogens is 485 g/mol. The summed E-state index contributed by atoms with van der Waals surface area (Å²) < 4.78 is 28.2. The molecule has 0 saturated carbocycles. The molecule has 166 valence electrons. The Labute approximate surface area is 202 Å². The molecule has 9 heteroatoms. The van der Waals surface area contributed by atoms with Gasteiger partial charge in [0.1, 0.15) is 10.3 Å². The molecule has 1 saturated heterocycles. The molecule has 2 heterocycles. The average molecular weight is 506 g/mol. The number of aryl methyl sites for hydroxylation is 1. The van der Waals surface area contributed by atoms with Crippen LogP contribution in [0.1, 0.15) is 22.4 Å². The van der Waals surface area contributed by atoms with Crippen LogP contribution in [0.25, 0.3) is 0 Å². The number of halogens is 2. The number of benzene rings is 2. The van der Waals surface area contributed by atoms with Crippen molar-refractivity contribution in [2.75, 3.05) is 18.0 Å². The van der Waals surface area contributed by atoms with Gasteiger partial charge in [-0.15, -0.1) is 11.3 Å². The van der Waals surface area contributed by atoms with Crippen molar-refractivity contribution in [3.05, 3.63) is 80.6 Å².